The van der Waals surface area contributed by atoms with E-state index in [4.69, 9.17) is 22.1 Å². The van der Waals surface area contributed by atoms with E-state index in [-0.39, 0.29) is 21.1 Å². The summed E-state index contributed by atoms with van der Waals surface area (Å²) in [7, 11) is -3.92. The van der Waals surface area contributed by atoms with Crippen molar-refractivity contribution in [1.82, 2.24) is 5.32 Å². The van der Waals surface area contributed by atoms with E-state index in [0.29, 0.717) is 36.0 Å². The smallest absolute Gasteiger partial charge is 0.252 e. The van der Waals surface area contributed by atoms with Crippen molar-refractivity contribution in [2.45, 2.75) is 15.9 Å². The fourth-order valence-electron chi connectivity index (χ4n) is 3.04. The summed E-state index contributed by atoms with van der Waals surface area (Å²) in [5, 5.41) is 23.5. The number of sulfone groups is 1. The number of ether oxygens (including phenoxy) is 1. The van der Waals surface area contributed by atoms with Crippen molar-refractivity contribution < 1.29 is 28.2 Å². The van der Waals surface area contributed by atoms with Crippen molar-refractivity contribution in [3.8, 4) is 11.5 Å². The number of phenols is 1. The maximum absolute atomic E-state index is 12.8. The third-order valence-corrected chi connectivity index (χ3v) is 6.80. The average Bonchev–Trinajstić information content (AvgIpc) is 2.79. The summed E-state index contributed by atoms with van der Waals surface area (Å²) in [4.78, 5) is 11.2. The molecule has 174 valence electrons. The number of hydrogen-bond donors (Lipinski definition) is 4. The normalized spacial score (nSPS) is 12.3. The molecule has 0 radical (unpaired) electrons. The van der Waals surface area contributed by atoms with Gasteiger partial charge in [-0.1, -0.05) is 23.7 Å². The second-order valence-corrected chi connectivity index (χ2v) is 9.53. The predicted molar refractivity (Wildman–Crippen MR) is 123 cm³/mol. The predicted octanol–water partition coefficient (Wildman–Crippen LogP) is 2.68. The first kappa shape index (κ1) is 24.5. The number of benzene rings is 3. The van der Waals surface area contributed by atoms with Gasteiger partial charge in [-0.15, -0.1) is 0 Å². The molecule has 3 aromatic rings. The van der Waals surface area contributed by atoms with E-state index in [0.717, 1.165) is 12.1 Å². The molecule has 8 nitrogen and oxygen atoms in total. The molecule has 0 heterocycles. The lowest BCUT2D eigenvalue weighted by Gasteiger charge is -2.13. The van der Waals surface area contributed by atoms with E-state index < -0.39 is 21.8 Å². The minimum Gasteiger partial charge on any atom is -0.507 e. The molecule has 0 aliphatic rings. The van der Waals surface area contributed by atoms with Crippen LogP contribution >= 0.6 is 11.6 Å². The summed E-state index contributed by atoms with van der Waals surface area (Å²) >= 11 is 5.92. The molecular formula is C23H23ClN2O6S. The van der Waals surface area contributed by atoms with Crippen LogP contribution in [0.3, 0.4) is 0 Å². The fraction of sp³-hybridized carbons (Fsp3) is 0.174. The number of hydrogen-bond acceptors (Lipinski definition) is 7. The van der Waals surface area contributed by atoms with Crippen LogP contribution in [-0.2, 0) is 9.84 Å². The summed E-state index contributed by atoms with van der Waals surface area (Å²) in [5.41, 5.74) is 5.61. The van der Waals surface area contributed by atoms with Crippen LogP contribution in [0.2, 0.25) is 5.02 Å². The van der Waals surface area contributed by atoms with E-state index in [1.165, 1.54) is 30.3 Å². The number of rotatable bonds is 10. The van der Waals surface area contributed by atoms with Crippen LogP contribution in [0.5, 0.6) is 11.5 Å². The minimum absolute atomic E-state index is 0.00118. The van der Waals surface area contributed by atoms with Gasteiger partial charge >= 0.3 is 0 Å². The second-order valence-electron chi connectivity index (χ2n) is 7.14. The second kappa shape index (κ2) is 10.7. The molecule has 3 rings (SSSR count). The van der Waals surface area contributed by atoms with Gasteiger partial charge in [0.2, 0.25) is 9.84 Å². The molecule has 1 amide bonds. The van der Waals surface area contributed by atoms with Crippen LogP contribution in [0, 0.1) is 0 Å². The van der Waals surface area contributed by atoms with Gasteiger partial charge in [0.05, 0.1) is 21.5 Å². The van der Waals surface area contributed by atoms with E-state index in [1.807, 2.05) is 0 Å². The Morgan fingerprint density at radius 3 is 2.42 bits per heavy atom. The fourth-order valence-corrected chi connectivity index (χ4v) is 4.53. The molecule has 0 saturated carbocycles. The Bertz CT molecular complexity index is 1230. The number of carbonyl (C=O) groups is 1. The van der Waals surface area contributed by atoms with E-state index in [2.05, 4.69) is 5.32 Å². The van der Waals surface area contributed by atoms with Crippen LogP contribution in [0.1, 0.15) is 22.0 Å². The Morgan fingerprint density at radius 2 is 1.76 bits per heavy atom. The molecule has 5 N–H and O–H groups in total. The number of aromatic hydroxyl groups is 1. The van der Waals surface area contributed by atoms with Crippen molar-refractivity contribution in [3.05, 3.63) is 82.9 Å². The van der Waals surface area contributed by atoms with Crippen LogP contribution in [-0.4, -0.2) is 44.2 Å². The van der Waals surface area contributed by atoms with E-state index in [9.17, 15) is 23.4 Å². The Labute approximate surface area is 196 Å². The number of amides is 1. The molecule has 3 aromatic carbocycles. The third-order valence-electron chi connectivity index (χ3n) is 4.80. The third kappa shape index (κ3) is 6.23. The zero-order valence-electron chi connectivity index (χ0n) is 17.4. The summed E-state index contributed by atoms with van der Waals surface area (Å²) in [6.45, 7) is 1.08. The standard InChI is InChI=1S/C23H23ClN2O6S/c24-16-3-1-2-15(12-16)22(28)14-26-10-11-32-17-4-6-18(7-5-17)33(30,31)19-8-9-21(27)20(13-19)23(25)29/h1-9,12-13,22,26-28H,10-11,14H2,(H2,25,29)/t22-/m0/s1. The zero-order valence-corrected chi connectivity index (χ0v) is 19.0. The number of nitrogens with one attached hydrogen (secondary N) is 1. The van der Waals surface area contributed by atoms with Gasteiger partial charge in [-0.25, -0.2) is 8.42 Å². The van der Waals surface area contributed by atoms with Crippen LogP contribution in [0.4, 0.5) is 0 Å². The first-order chi connectivity index (χ1) is 15.7. The number of aliphatic hydroxyl groups is 1. The topological polar surface area (TPSA) is 139 Å². The maximum atomic E-state index is 12.8. The number of aliphatic hydroxyl groups excluding tert-OH is 1. The van der Waals surface area contributed by atoms with Crippen molar-refractivity contribution >= 4 is 27.3 Å². The SMILES string of the molecule is NC(=O)c1cc(S(=O)(=O)c2ccc(OCCNC[C@H](O)c3cccc(Cl)c3)cc2)ccc1O. The van der Waals surface area contributed by atoms with Crippen LogP contribution in [0.25, 0.3) is 0 Å². The average molecular weight is 491 g/mol. The summed E-state index contributed by atoms with van der Waals surface area (Å²) in [6.07, 6.45) is -0.705. The van der Waals surface area contributed by atoms with Crippen LogP contribution in [0.15, 0.2) is 76.5 Å². The van der Waals surface area contributed by atoms with Gasteiger partial charge in [0.25, 0.3) is 5.91 Å². The Morgan fingerprint density at radius 1 is 1.06 bits per heavy atom. The van der Waals surface area contributed by atoms with Crippen molar-refractivity contribution in [3.63, 3.8) is 0 Å². The molecule has 0 spiro atoms. The lowest BCUT2D eigenvalue weighted by atomic mass is 10.1. The largest absolute Gasteiger partial charge is 0.507 e. The number of carbonyl (C=O) groups excluding carboxylic acids is 1. The lowest BCUT2D eigenvalue weighted by molar-refractivity contribution is 0.0997. The molecule has 0 aliphatic heterocycles. The molecule has 10 heteroatoms. The number of nitrogens with two attached hydrogens (primary N) is 1. The van der Waals surface area contributed by atoms with Crippen molar-refractivity contribution in [2.24, 2.45) is 5.73 Å². The Kier molecular flexibility index (Phi) is 7.93. The zero-order chi connectivity index (χ0) is 24.0. The van der Waals surface area contributed by atoms with Gasteiger partial charge in [-0.05, 0) is 60.2 Å². The molecule has 0 aliphatic carbocycles. The van der Waals surface area contributed by atoms with Gasteiger partial charge in [0.15, 0.2) is 0 Å². The molecule has 0 aromatic heterocycles. The highest BCUT2D eigenvalue weighted by molar-refractivity contribution is 7.91. The molecule has 1 atom stereocenters. The lowest BCUT2D eigenvalue weighted by Crippen LogP contribution is -2.26. The monoisotopic (exact) mass is 490 g/mol. The quantitative estimate of drug-likeness (QED) is 0.320. The summed E-state index contributed by atoms with van der Waals surface area (Å²) in [6, 6.07) is 16.2. The first-order valence-corrected chi connectivity index (χ1v) is 11.8. The summed E-state index contributed by atoms with van der Waals surface area (Å²) in [5.74, 6) is -0.851. The molecule has 0 saturated heterocycles. The molecule has 0 bridgehead atoms. The van der Waals surface area contributed by atoms with Gasteiger partial charge < -0.3 is 26.0 Å². The summed E-state index contributed by atoms with van der Waals surface area (Å²) < 4.78 is 31.2. The maximum Gasteiger partial charge on any atom is 0.252 e. The van der Waals surface area contributed by atoms with Crippen molar-refractivity contribution in [1.29, 1.82) is 0 Å². The molecule has 0 unspecified atom stereocenters. The van der Waals surface area contributed by atoms with Gasteiger partial charge in [0, 0.05) is 18.1 Å². The minimum atomic E-state index is -3.92. The highest BCUT2D eigenvalue weighted by Gasteiger charge is 2.20. The van der Waals surface area contributed by atoms with Gasteiger partial charge in [-0.3, -0.25) is 4.79 Å². The Balaban J connectivity index is 1.54. The van der Waals surface area contributed by atoms with Crippen LogP contribution < -0.4 is 15.8 Å². The van der Waals surface area contributed by atoms with Gasteiger partial charge in [0.1, 0.15) is 18.1 Å². The molecule has 33 heavy (non-hydrogen) atoms. The highest BCUT2D eigenvalue weighted by atomic mass is 35.5. The van der Waals surface area contributed by atoms with E-state index >= 15 is 0 Å². The Hall–Kier alpha value is -3.11. The number of primary amides is 1. The highest BCUT2D eigenvalue weighted by Crippen LogP contribution is 2.27. The molecular weight excluding hydrogens is 468 g/mol. The van der Waals surface area contributed by atoms with Gasteiger partial charge in [-0.2, -0.15) is 0 Å². The van der Waals surface area contributed by atoms with Crippen molar-refractivity contribution in [2.75, 3.05) is 19.7 Å². The first-order valence-electron chi connectivity index (χ1n) is 9.93. The van der Waals surface area contributed by atoms with E-state index in [1.54, 1.807) is 24.3 Å². The number of halogens is 1. The molecule has 0 fully saturated rings.